The molecule has 1 aliphatic carbocycles. The van der Waals surface area contributed by atoms with E-state index in [2.05, 4.69) is 49.7 Å². The highest BCUT2D eigenvalue weighted by molar-refractivity contribution is 7.99. The van der Waals surface area contributed by atoms with Gasteiger partial charge in [0.2, 0.25) is 0 Å². The molecular formula is C16H32N2S. The Bertz CT molecular complexity index is 284. The smallest absolute Gasteiger partial charge is 0.0278 e. The Balaban J connectivity index is 1.99. The standard InChI is InChI=1S/C16H32N2S/c1-5-13-11-17-16(4,6-2)12-18(13)14-8-9-15(10-14)19-7-3/h13-15,17H,5-12H2,1-4H3. The van der Waals surface area contributed by atoms with Crippen molar-refractivity contribution in [2.75, 3.05) is 18.8 Å². The number of hydrogen-bond acceptors (Lipinski definition) is 3. The van der Waals surface area contributed by atoms with Crippen LogP contribution >= 0.6 is 11.8 Å². The van der Waals surface area contributed by atoms with Crippen LogP contribution in [0.1, 0.15) is 59.8 Å². The molecule has 1 N–H and O–H groups in total. The average Bonchev–Trinajstić information content (AvgIpc) is 2.88. The van der Waals surface area contributed by atoms with Crippen molar-refractivity contribution in [1.82, 2.24) is 10.2 Å². The van der Waals surface area contributed by atoms with Crippen LogP contribution < -0.4 is 5.32 Å². The molecule has 0 radical (unpaired) electrons. The van der Waals surface area contributed by atoms with Crippen molar-refractivity contribution < 1.29 is 0 Å². The molecule has 2 nitrogen and oxygen atoms in total. The first kappa shape index (κ1) is 15.7. The fraction of sp³-hybridized carbons (Fsp3) is 1.00. The van der Waals surface area contributed by atoms with Gasteiger partial charge in [-0.05, 0) is 44.8 Å². The molecule has 0 aromatic heterocycles. The molecule has 2 aliphatic rings. The van der Waals surface area contributed by atoms with Crippen LogP contribution in [0.4, 0.5) is 0 Å². The van der Waals surface area contributed by atoms with E-state index < -0.39 is 0 Å². The number of piperazine rings is 1. The third-order valence-corrected chi connectivity index (χ3v) is 6.48. The highest BCUT2D eigenvalue weighted by atomic mass is 32.2. The van der Waals surface area contributed by atoms with Gasteiger partial charge in [-0.2, -0.15) is 11.8 Å². The third-order valence-electron chi connectivity index (χ3n) is 5.24. The topological polar surface area (TPSA) is 15.3 Å². The van der Waals surface area contributed by atoms with Crippen LogP contribution in [0.2, 0.25) is 0 Å². The second-order valence-electron chi connectivity index (χ2n) is 6.57. The molecule has 0 aromatic rings. The largest absolute Gasteiger partial charge is 0.309 e. The Morgan fingerprint density at radius 1 is 1.26 bits per heavy atom. The van der Waals surface area contributed by atoms with E-state index >= 15 is 0 Å². The lowest BCUT2D eigenvalue weighted by Gasteiger charge is -2.48. The molecule has 1 saturated heterocycles. The van der Waals surface area contributed by atoms with Gasteiger partial charge in [-0.1, -0.05) is 20.8 Å². The van der Waals surface area contributed by atoms with Gasteiger partial charge >= 0.3 is 0 Å². The molecule has 1 heterocycles. The van der Waals surface area contributed by atoms with E-state index in [-0.39, 0.29) is 0 Å². The molecule has 0 spiro atoms. The zero-order valence-corrected chi connectivity index (χ0v) is 14.1. The molecule has 0 amide bonds. The summed E-state index contributed by atoms with van der Waals surface area (Å²) in [5.74, 6) is 1.28. The van der Waals surface area contributed by atoms with E-state index in [1.807, 2.05) is 0 Å². The van der Waals surface area contributed by atoms with E-state index in [1.54, 1.807) is 0 Å². The van der Waals surface area contributed by atoms with Crippen molar-refractivity contribution in [3.8, 4) is 0 Å². The molecule has 2 rings (SSSR count). The summed E-state index contributed by atoms with van der Waals surface area (Å²) < 4.78 is 0. The maximum atomic E-state index is 3.79. The first-order valence-corrected chi connectivity index (χ1v) is 9.29. The van der Waals surface area contributed by atoms with Gasteiger partial charge in [0, 0.05) is 36.0 Å². The van der Waals surface area contributed by atoms with Gasteiger partial charge in [0.1, 0.15) is 0 Å². The molecule has 1 aliphatic heterocycles. The number of hydrogen-bond donors (Lipinski definition) is 1. The van der Waals surface area contributed by atoms with Crippen LogP contribution in [0.3, 0.4) is 0 Å². The quantitative estimate of drug-likeness (QED) is 0.831. The molecule has 2 fully saturated rings. The second-order valence-corrected chi connectivity index (χ2v) is 8.15. The number of rotatable bonds is 5. The number of nitrogens with one attached hydrogen (secondary N) is 1. The van der Waals surface area contributed by atoms with Crippen LogP contribution in [0, 0.1) is 0 Å². The van der Waals surface area contributed by atoms with Crippen molar-refractivity contribution in [3.05, 3.63) is 0 Å². The number of thioether (sulfide) groups is 1. The summed E-state index contributed by atoms with van der Waals surface area (Å²) in [6.45, 7) is 11.8. The van der Waals surface area contributed by atoms with Gasteiger partial charge in [0.25, 0.3) is 0 Å². The van der Waals surface area contributed by atoms with Gasteiger partial charge in [-0.3, -0.25) is 4.90 Å². The second kappa shape index (κ2) is 6.82. The number of nitrogens with zero attached hydrogens (tertiary/aromatic N) is 1. The summed E-state index contributed by atoms with van der Waals surface area (Å²) in [6, 6.07) is 1.61. The van der Waals surface area contributed by atoms with Crippen molar-refractivity contribution in [1.29, 1.82) is 0 Å². The minimum Gasteiger partial charge on any atom is -0.309 e. The predicted octanol–water partition coefficient (Wildman–Crippen LogP) is 3.51. The lowest BCUT2D eigenvalue weighted by atomic mass is 9.91. The highest BCUT2D eigenvalue weighted by Crippen LogP contribution is 2.35. The average molecular weight is 285 g/mol. The minimum atomic E-state index is 0.335. The van der Waals surface area contributed by atoms with Crippen LogP contribution in [0.25, 0.3) is 0 Å². The first-order valence-electron chi connectivity index (χ1n) is 8.24. The Morgan fingerprint density at radius 2 is 2.05 bits per heavy atom. The maximum absolute atomic E-state index is 3.79. The summed E-state index contributed by atoms with van der Waals surface area (Å²) in [6.07, 6.45) is 6.81. The van der Waals surface area contributed by atoms with Crippen molar-refractivity contribution in [3.63, 3.8) is 0 Å². The molecule has 1 saturated carbocycles. The van der Waals surface area contributed by atoms with Gasteiger partial charge < -0.3 is 5.32 Å². The SMILES string of the molecule is CCSC1CCC(N2CC(C)(CC)NCC2CC)C1. The highest BCUT2D eigenvalue weighted by Gasteiger charge is 2.39. The Labute approximate surface area is 124 Å². The maximum Gasteiger partial charge on any atom is 0.0278 e. The first-order chi connectivity index (χ1) is 9.11. The molecule has 4 atom stereocenters. The molecule has 112 valence electrons. The van der Waals surface area contributed by atoms with Gasteiger partial charge in [-0.15, -0.1) is 0 Å². The Morgan fingerprint density at radius 3 is 2.68 bits per heavy atom. The van der Waals surface area contributed by atoms with Gasteiger partial charge in [-0.25, -0.2) is 0 Å². The van der Waals surface area contributed by atoms with E-state index in [0.717, 1.165) is 17.3 Å². The van der Waals surface area contributed by atoms with Crippen molar-refractivity contribution in [2.24, 2.45) is 0 Å². The Hall–Kier alpha value is 0.270. The molecule has 0 aromatic carbocycles. The van der Waals surface area contributed by atoms with Crippen molar-refractivity contribution in [2.45, 2.75) is 82.7 Å². The third kappa shape index (κ3) is 3.68. The van der Waals surface area contributed by atoms with E-state index in [1.165, 1.54) is 50.9 Å². The van der Waals surface area contributed by atoms with Gasteiger partial charge in [0.05, 0.1) is 0 Å². The normalized spacial score (nSPS) is 40.7. The fourth-order valence-corrected chi connectivity index (χ4v) is 4.85. The minimum absolute atomic E-state index is 0.335. The predicted molar refractivity (Wildman–Crippen MR) is 87.0 cm³/mol. The zero-order chi connectivity index (χ0) is 13.9. The summed E-state index contributed by atoms with van der Waals surface area (Å²) in [4.78, 5) is 2.86. The molecular weight excluding hydrogens is 252 g/mol. The lowest BCUT2D eigenvalue weighted by molar-refractivity contribution is 0.0459. The summed E-state index contributed by atoms with van der Waals surface area (Å²) >= 11 is 2.18. The summed E-state index contributed by atoms with van der Waals surface area (Å²) in [5, 5.41) is 4.72. The molecule has 3 heteroatoms. The van der Waals surface area contributed by atoms with Crippen LogP contribution in [0.15, 0.2) is 0 Å². The summed E-state index contributed by atoms with van der Waals surface area (Å²) in [7, 11) is 0. The lowest BCUT2D eigenvalue weighted by Crippen LogP contribution is -2.64. The molecule has 4 unspecified atom stereocenters. The molecule has 19 heavy (non-hydrogen) atoms. The van der Waals surface area contributed by atoms with E-state index in [9.17, 15) is 0 Å². The monoisotopic (exact) mass is 284 g/mol. The van der Waals surface area contributed by atoms with Crippen LogP contribution in [-0.2, 0) is 0 Å². The summed E-state index contributed by atoms with van der Waals surface area (Å²) in [5.41, 5.74) is 0.335. The van der Waals surface area contributed by atoms with E-state index in [4.69, 9.17) is 0 Å². The van der Waals surface area contributed by atoms with Crippen molar-refractivity contribution >= 4 is 11.8 Å². The van der Waals surface area contributed by atoms with E-state index in [0.29, 0.717) is 5.54 Å². The Kier molecular flexibility index (Phi) is 5.62. The zero-order valence-electron chi connectivity index (χ0n) is 13.2. The van der Waals surface area contributed by atoms with Crippen LogP contribution in [0.5, 0.6) is 0 Å². The molecule has 0 bridgehead atoms. The van der Waals surface area contributed by atoms with Gasteiger partial charge in [0.15, 0.2) is 0 Å². The van der Waals surface area contributed by atoms with Crippen LogP contribution in [-0.4, -0.2) is 46.6 Å². The fourth-order valence-electron chi connectivity index (χ4n) is 3.72.